The van der Waals surface area contributed by atoms with E-state index in [9.17, 15) is 4.79 Å². The molecule has 2 aliphatic rings. The summed E-state index contributed by atoms with van der Waals surface area (Å²) in [4.78, 5) is 12.8. The summed E-state index contributed by atoms with van der Waals surface area (Å²) in [5.74, 6) is 1.25. The number of aryl methyl sites for hydroxylation is 2. The minimum Gasteiger partial charge on any atom is -0.327 e. The number of amides is 1. The van der Waals surface area contributed by atoms with Crippen LogP contribution in [0.2, 0.25) is 0 Å². The van der Waals surface area contributed by atoms with Crippen LogP contribution in [0, 0.1) is 31.6 Å². The number of nitrogens with zero attached hydrogens (tertiary/aromatic N) is 2. The Bertz CT molecular complexity index is 798. The van der Waals surface area contributed by atoms with E-state index in [-0.39, 0.29) is 11.8 Å². The molecule has 3 N–H and O–H groups in total. The molecule has 1 amide bonds. The summed E-state index contributed by atoms with van der Waals surface area (Å²) < 4.78 is 1.91. The molecular weight excluding hydrogens is 324 g/mol. The second-order valence-corrected chi connectivity index (χ2v) is 8.08. The van der Waals surface area contributed by atoms with Crippen molar-refractivity contribution in [2.75, 3.05) is 5.32 Å². The van der Waals surface area contributed by atoms with Gasteiger partial charge in [0.2, 0.25) is 5.91 Å². The number of nitrogens with one attached hydrogen (secondary N) is 1. The molecule has 1 heterocycles. The summed E-state index contributed by atoms with van der Waals surface area (Å²) in [6.07, 6.45) is 5.48. The normalized spacial score (nSPS) is 28.0. The van der Waals surface area contributed by atoms with Gasteiger partial charge in [-0.15, -0.1) is 0 Å². The fourth-order valence-corrected chi connectivity index (χ4v) is 4.85. The number of carbonyl (C=O) groups is 1. The van der Waals surface area contributed by atoms with E-state index in [2.05, 4.69) is 16.5 Å². The highest BCUT2D eigenvalue weighted by Crippen LogP contribution is 2.42. The maximum absolute atomic E-state index is 12.8. The number of benzene rings is 1. The lowest BCUT2D eigenvalue weighted by Gasteiger charge is -2.43. The number of aromatic nitrogens is 2. The Labute approximate surface area is 155 Å². The molecule has 2 bridgehead atoms. The van der Waals surface area contributed by atoms with Crippen LogP contribution in [0.1, 0.15) is 43.5 Å². The fourth-order valence-electron chi connectivity index (χ4n) is 4.85. The molecule has 5 nitrogen and oxygen atoms in total. The lowest BCUT2D eigenvalue weighted by Crippen LogP contribution is -2.48. The molecule has 0 radical (unpaired) electrons. The predicted octanol–water partition coefficient (Wildman–Crippen LogP) is 3.58. The summed E-state index contributed by atoms with van der Waals surface area (Å²) in [7, 11) is 0. The van der Waals surface area contributed by atoms with E-state index >= 15 is 0 Å². The number of anilines is 1. The van der Waals surface area contributed by atoms with E-state index < -0.39 is 0 Å². The van der Waals surface area contributed by atoms with E-state index in [1.807, 2.05) is 42.8 Å². The fraction of sp³-hybridized carbons (Fsp3) is 0.524. The zero-order valence-corrected chi connectivity index (χ0v) is 15.6. The third kappa shape index (κ3) is 3.28. The van der Waals surface area contributed by atoms with Gasteiger partial charge in [-0.05, 0) is 75.6 Å². The van der Waals surface area contributed by atoms with Gasteiger partial charge in [-0.3, -0.25) is 4.79 Å². The monoisotopic (exact) mass is 352 g/mol. The molecule has 2 unspecified atom stereocenters. The maximum atomic E-state index is 12.8. The Balaban J connectivity index is 1.48. The highest BCUT2D eigenvalue weighted by atomic mass is 16.1. The number of rotatable bonds is 3. The molecule has 2 atom stereocenters. The smallest absolute Gasteiger partial charge is 0.227 e. The topological polar surface area (TPSA) is 72.9 Å². The van der Waals surface area contributed by atoms with Crippen LogP contribution >= 0.6 is 0 Å². The van der Waals surface area contributed by atoms with Gasteiger partial charge in [0.15, 0.2) is 0 Å². The average molecular weight is 352 g/mol. The van der Waals surface area contributed by atoms with E-state index in [0.717, 1.165) is 35.6 Å². The quantitative estimate of drug-likeness (QED) is 0.887. The Morgan fingerprint density at radius 1 is 1.19 bits per heavy atom. The first-order valence-electron chi connectivity index (χ1n) is 9.71. The highest BCUT2D eigenvalue weighted by Gasteiger charge is 2.40. The van der Waals surface area contributed by atoms with E-state index in [4.69, 9.17) is 5.73 Å². The average Bonchev–Trinajstić information content (AvgIpc) is 2.93. The van der Waals surface area contributed by atoms with Gasteiger partial charge in [-0.2, -0.15) is 5.10 Å². The van der Waals surface area contributed by atoms with Crippen LogP contribution in [0.3, 0.4) is 0 Å². The highest BCUT2D eigenvalue weighted by molar-refractivity contribution is 5.92. The predicted molar refractivity (Wildman–Crippen MR) is 103 cm³/mol. The van der Waals surface area contributed by atoms with Crippen LogP contribution in [0.25, 0.3) is 5.69 Å². The summed E-state index contributed by atoms with van der Waals surface area (Å²) in [6, 6.07) is 10.3. The van der Waals surface area contributed by atoms with Gasteiger partial charge in [-0.25, -0.2) is 4.68 Å². The van der Waals surface area contributed by atoms with E-state index in [0.29, 0.717) is 17.9 Å². The van der Waals surface area contributed by atoms with Crippen molar-refractivity contribution in [2.45, 2.75) is 52.0 Å². The van der Waals surface area contributed by atoms with E-state index in [1.54, 1.807) is 0 Å². The number of fused-ring (bicyclic) bond motifs is 2. The molecule has 0 spiro atoms. The lowest BCUT2D eigenvalue weighted by molar-refractivity contribution is -0.122. The molecule has 0 saturated heterocycles. The number of hydrogen-bond acceptors (Lipinski definition) is 3. The van der Waals surface area contributed by atoms with Gasteiger partial charge in [-0.1, -0.05) is 12.5 Å². The second kappa shape index (κ2) is 6.88. The second-order valence-electron chi connectivity index (χ2n) is 8.08. The standard InChI is InChI=1S/C21H28N4O/c1-13-9-14(2)25(24-13)19-8-4-7-18(12-19)23-21(26)17-10-15-5-3-6-16(11-17)20(15)22/h4,7-9,12,15-17,20H,3,5-6,10-11,22H2,1-2H3,(H,23,26). The SMILES string of the molecule is Cc1cc(C)n(-c2cccc(NC(=O)C3CC4CCCC(C3)C4N)c2)n1. The van der Waals surface area contributed by atoms with Gasteiger partial charge in [0, 0.05) is 23.3 Å². The summed E-state index contributed by atoms with van der Waals surface area (Å²) in [6.45, 7) is 4.02. The largest absolute Gasteiger partial charge is 0.327 e. The zero-order valence-electron chi connectivity index (χ0n) is 15.6. The van der Waals surface area contributed by atoms with Gasteiger partial charge in [0.25, 0.3) is 0 Å². The van der Waals surface area contributed by atoms with Crippen molar-refractivity contribution in [3.8, 4) is 5.69 Å². The summed E-state index contributed by atoms with van der Waals surface area (Å²) in [5.41, 5.74) is 10.2. The van der Waals surface area contributed by atoms with Gasteiger partial charge in [0.05, 0.1) is 11.4 Å². The first-order chi connectivity index (χ1) is 12.5. The Morgan fingerprint density at radius 2 is 1.92 bits per heavy atom. The van der Waals surface area contributed by atoms with Crippen LogP contribution in [-0.4, -0.2) is 21.7 Å². The van der Waals surface area contributed by atoms with Crippen molar-refractivity contribution < 1.29 is 4.79 Å². The molecule has 2 aromatic rings. The molecule has 5 heteroatoms. The summed E-state index contributed by atoms with van der Waals surface area (Å²) in [5, 5.41) is 7.66. The third-order valence-corrected chi connectivity index (χ3v) is 6.15. The maximum Gasteiger partial charge on any atom is 0.227 e. The zero-order chi connectivity index (χ0) is 18.3. The number of hydrogen-bond donors (Lipinski definition) is 2. The van der Waals surface area contributed by atoms with Gasteiger partial charge >= 0.3 is 0 Å². The Hall–Kier alpha value is -2.14. The van der Waals surface area contributed by atoms with Crippen LogP contribution in [0.4, 0.5) is 5.69 Å². The number of carbonyl (C=O) groups excluding carboxylic acids is 1. The van der Waals surface area contributed by atoms with Crippen molar-refractivity contribution in [3.63, 3.8) is 0 Å². The molecule has 2 fully saturated rings. The Kier molecular flexibility index (Phi) is 4.57. The Morgan fingerprint density at radius 3 is 2.58 bits per heavy atom. The van der Waals surface area contributed by atoms with Crippen LogP contribution < -0.4 is 11.1 Å². The van der Waals surface area contributed by atoms with Crippen LogP contribution in [0.5, 0.6) is 0 Å². The molecule has 2 aliphatic carbocycles. The van der Waals surface area contributed by atoms with Gasteiger partial charge < -0.3 is 11.1 Å². The van der Waals surface area contributed by atoms with Crippen molar-refractivity contribution >= 4 is 11.6 Å². The lowest BCUT2D eigenvalue weighted by atomic mass is 9.65. The minimum absolute atomic E-state index is 0.0856. The number of nitrogens with two attached hydrogens (primary N) is 1. The van der Waals surface area contributed by atoms with E-state index in [1.165, 1.54) is 19.3 Å². The van der Waals surface area contributed by atoms with Crippen molar-refractivity contribution in [1.82, 2.24) is 9.78 Å². The third-order valence-electron chi connectivity index (χ3n) is 6.15. The molecule has 0 aliphatic heterocycles. The molecule has 1 aromatic carbocycles. The van der Waals surface area contributed by atoms with Crippen LogP contribution in [0.15, 0.2) is 30.3 Å². The van der Waals surface area contributed by atoms with Crippen molar-refractivity contribution in [3.05, 3.63) is 41.7 Å². The van der Waals surface area contributed by atoms with Crippen molar-refractivity contribution in [2.24, 2.45) is 23.5 Å². The molecule has 4 rings (SSSR count). The van der Waals surface area contributed by atoms with Crippen LogP contribution in [-0.2, 0) is 4.79 Å². The van der Waals surface area contributed by atoms with Gasteiger partial charge in [0.1, 0.15) is 0 Å². The minimum atomic E-state index is 0.0856. The van der Waals surface area contributed by atoms with Crippen molar-refractivity contribution in [1.29, 1.82) is 0 Å². The first kappa shape index (κ1) is 17.3. The summed E-state index contributed by atoms with van der Waals surface area (Å²) >= 11 is 0. The first-order valence-corrected chi connectivity index (χ1v) is 9.71. The molecule has 1 aromatic heterocycles. The molecule has 2 saturated carbocycles. The molecule has 138 valence electrons. The molecule has 26 heavy (non-hydrogen) atoms. The molecular formula is C21H28N4O.